The normalized spacial score (nSPS) is 15.3. The molecule has 2 N–H and O–H groups in total. The van der Waals surface area contributed by atoms with Gasteiger partial charge in [0.05, 0.1) is 4.90 Å². The van der Waals surface area contributed by atoms with E-state index >= 15 is 0 Å². The zero-order chi connectivity index (χ0) is 23.3. The van der Waals surface area contributed by atoms with Crippen LogP contribution in [0.3, 0.4) is 0 Å². The number of benzene rings is 2. The number of carbonyl (C=O) groups is 2. The Morgan fingerprint density at radius 1 is 1.00 bits per heavy atom. The third-order valence-electron chi connectivity index (χ3n) is 5.89. The van der Waals surface area contributed by atoms with E-state index in [4.69, 9.17) is 0 Å². The topological polar surface area (TPSA) is 95.6 Å². The number of rotatable bonds is 7. The van der Waals surface area contributed by atoms with Gasteiger partial charge in [-0.2, -0.15) is 4.31 Å². The Balaban J connectivity index is 1.56. The monoisotopic (exact) mass is 457 g/mol. The van der Waals surface area contributed by atoms with Crippen LogP contribution < -0.4 is 10.6 Å². The summed E-state index contributed by atoms with van der Waals surface area (Å²) in [7, 11) is -3.57. The van der Waals surface area contributed by atoms with E-state index in [-0.39, 0.29) is 17.7 Å². The fourth-order valence-electron chi connectivity index (χ4n) is 3.67. The summed E-state index contributed by atoms with van der Waals surface area (Å²) in [6, 6.07) is 11.9. The molecule has 0 aromatic heterocycles. The molecule has 2 aromatic rings. The number of nitrogens with zero attached hydrogens (tertiary/aromatic N) is 1. The largest absolute Gasteiger partial charge is 0.352 e. The van der Waals surface area contributed by atoms with Gasteiger partial charge in [0.1, 0.15) is 0 Å². The first kappa shape index (κ1) is 23.9. The minimum atomic E-state index is -3.57. The molecule has 172 valence electrons. The number of carbonyl (C=O) groups excluding carboxylic acids is 2. The SMILES string of the molecule is CCCNC(=O)c1ccc(NC(=O)C2CCN(S(=O)(=O)c3ccc(C)c(C)c3)CC2)cc1. The fourth-order valence-corrected chi connectivity index (χ4v) is 5.23. The first-order valence-electron chi connectivity index (χ1n) is 11.0. The van der Waals surface area contributed by atoms with Crippen molar-refractivity contribution in [3.63, 3.8) is 0 Å². The highest BCUT2D eigenvalue weighted by atomic mass is 32.2. The van der Waals surface area contributed by atoms with Crippen LogP contribution in [0.2, 0.25) is 0 Å². The van der Waals surface area contributed by atoms with E-state index in [2.05, 4.69) is 10.6 Å². The zero-order valence-corrected chi connectivity index (χ0v) is 19.7. The van der Waals surface area contributed by atoms with Gasteiger partial charge in [0.25, 0.3) is 5.91 Å². The van der Waals surface area contributed by atoms with Crippen molar-refractivity contribution in [3.05, 3.63) is 59.2 Å². The Kier molecular flexibility index (Phi) is 7.69. The Hall–Kier alpha value is -2.71. The molecular weight excluding hydrogens is 426 g/mol. The molecule has 0 bridgehead atoms. The lowest BCUT2D eigenvalue weighted by atomic mass is 9.97. The molecule has 1 aliphatic rings. The van der Waals surface area contributed by atoms with E-state index < -0.39 is 10.0 Å². The Morgan fingerprint density at radius 3 is 2.25 bits per heavy atom. The van der Waals surface area contributed by atoms with Crippen LogP contribution in [0, 0.1) is 19.8 Å². The summed E-state index contributed by atoms with van der Waals surface area (Å²) in [6.07, 6.45) is 1.80. The van der Waals surface area contributed by atoms with Crippen LogP contribution in [-0.4, -0.2) is 44.2 Å². The second-order valence-corrected chi connectivity index (χ2v) is 10.2. The van der Waals surface area contributed by atoms with Crippen LogP contribution in [0.5, 0.6) is 0 Å². The molecule has 1 heterocycles. The average Bonchev–Trinajstić information content (AvgIpc) is 2.79. The highest BCUT2D eigenvalue weighted by Gasteiger charge is 2.32. The molecule has 0 atom stereocenters. The van der Waals surface area contributed by atoms with E-state index in [1.165, 1.54) is 4.31 Å². The van der Waals surface area contributed by atoms with Crippen molar-refractivity contribution in [3.8, 4) is 0 Å². The Bertz CT molecular complexity index is 1070. The van der Waals surface area contributed by atoms with Crippen molar-refractivity contribution < 1.29 is 18.0 Å². The maximum absolute atomic E-state index is 13.0. The second-order valence-electron chi connectivity index (χ2n) is 8.25. The summed E-state index contributed by atoms with van der Waals surface area (Å²) in [5.74, 6) is -0.521. The molecule has 32 heavy (non-hydrogen) atoms. The van der Waals surface area contributed by atoms with E-state index in [9.17, 15) is 18.0 Å². The highest BCUT2D eigenvalue weighted by molar-refractivity contribution is 7.89. The standard InChI is InChI=1S/C24H31N3O4S/c1-4-13-25-23(28)19-6-8-21(9-7-19)26-24(29)20-11-14-27(15-12-20)32(30,31)22-10-5-17(2)18(3)16-22/h5-10,16,20H,4,11-15H2,1-3H3,(H,25,28)(H,26,29). The Morgan fingerprint density at radius 2 is 1.66 bits per heavy atom. The minimum Gasteiger partial charge on any atom is -0.352 e. The van der Waals surface area contributed by atoms with Gasteiger partial charge in [-0.15, -0.1) is 0 Å². The molecule has 0 aliphatic carbocycles. The number of hydrogen-bond acceptors (Lipinski definition) is 4. The van der Waals surface area contributed by atoms with Crippen LogP contribution in [0.4, 0.5) is 5.69 Å². The van der Waals surface area contributed by atoms with Gasteiger partial charge < -0.3 is 10.6 Å². The molecule has 1 saturated heterocycles. The average molecular weight is 458 g/mol. The van der Waals surface area contributed by atoms with Gasteiger partial charge in [-0.25, -0.2) is 8.42 Å². The van der Waals surface area contributed by atoms with Gasteiger partial charge in [0, 0.05) is 36.8 Å². The van der Waals surface area contributed by atoms with Crippen LogP contribution in [0.25, 0.3) is 0 Å². The van der Waals surface area contributed by atoms with Gasteiger partial charge in [-0.05, 0) is 80.6 Å². The fraction of sp³-hybridized carbons (Fsp3) is 0.417. The first-order chi connectivity index (χ1) is 15.2. The van der Waals surface area contributed by atoms with Gasteiger partial charge in [0.15, 0.2) is 0 Å². The number of hydrogen-bond donors (Lipinski definition) is 2. The molecular formula is C24H31N3O4S. The van der Waals surface area contributed by atoms with E-state index in [0.29, 0.717) is 48.6 Å². The quantitative estimate of drug-likeness (QED) is 0.665. The van der Waals surface area contributed by atoms with Crippen molar-refractivity contribution in [1.82, 2.24) is 9.62 Å². The van der Waals surface area contributed by atoms with Crippen LogP contribution in [0.1, 0.15) is 47.7 Å². The molecule has 2 aromatic carbocycles. The molecule has 1 aliphatic heterocycles. The smallest absolute Gasteiger partial charge is 0.251 e. The number of piperidine rings is 1. The number of nitrogens with one attached hydrogen (secondary N) is 2. The van der Waals surface area contributed by atoms with Gasteiger partial charge in [-0.1, -0.05) is 13.0 Å². The second kappa shape index (κ2) is 10.3. The zero-order valence-electron chi connectivity index (χ0n) is 18.8. The number of anilines is 1. The number of aryl methyl sites for hydroxylation is 2. The van der Waals surface area contributed by atoms with Crippen molar-refractivity contribution >= 4 is 27.5 Å². The molecule has 8 heteroatoms. The minimum absolute atomic E-state index is 0.128. The molecule has 0 saturated carbocycles. The van der Waals surface area contributed by atoms with Crippen molar-refractivity contribution in [2.45, 2.75) is 44.9 Å². The molecule has 3 rings (SSSR count). The lowest BCUT2D eigenvalue weighted by Gasteiger charge is -2.30. The summed E-state index contributed by atoms with van der Waals surface area (Å²) in [4.78, 5) is 25.0. The number of sulfonamides is 1. The van der Waals surface area contributed by atoms with Gasteiger partial charge in [-0.3, -0.25) is 9.59 Å². The van der Waals surface area contributed by atoms with E-state index in [1.54, 1.807) is 36.4 Å². The summed E-state index contributed by atoms with van der Waals surface area (Å²) in [5.41, 5.74) is 3.15. The molecule has 0 spiro atoms. The summed E-state index contributed by atoms with van der Waals surface area (Å²) in [5, 5.41) is 5.70. The highest BCUT2D eigenvalue weighted by Crippen LogP contribution is 2.26. The lowest BCUT2D eigenvalue weighted by molar-refractivity contribution is -0.120. The van der Waals surface area contributed by atoms with E-state index in [1.807, 2.05) is 26.8 Å². The maximum atomic E-state index is 13.0. The number of amides is 2. The van der Waals surface area contributed by atoms with Crippen LogP contribution in [0.15, 0.2) is 47.4 Å². The Labute approximate surface area is 190 Å². The predicted octanol–water partition coefficient (Wildman–Crippen LogP) is 3.48. The first-order valence-corrected chi connectivity index (χ1v) is 12.4. The lowest BCUT2D eigenvalue weighted by Crippen LogP contribution is -2.41. The van der Waals surface area contributed by atoms with E-state index in [0.717, 1.165) is 17.5 Å². The third kappa shape index (κ3) is 5.55. The molecule has 0 radical (unpaired) electrons. The van der Waals surface area contributed by atoms with Gasteiger partial charge >= 0.3 is 0 Å². The van der Waals surface area contributed by atoms with Crippen molar-refractivity contribution in [2.24, 2.45) is 5.92 Å². The van der Waals surface area contributed by atoms with Crippen LogP contribution in [-0.2, 0) is 14.8 Å². The summed E-state index contributed by atoms with van der Waals surface area (Å²) < 4.78 is 27.4. The van der Waals surface area contributed by atoms with Crippen molar-refractivity contribution in [1.29, 1.82) is 0 Å². The van der Waals surface area contributed by atoms with Crippen LogP contribution >= 0.6 is 0 Å². The van der Waals surface area contributed by atoms with Gasteiger partial charge in [0.2, 0.25) is 15.9 Å². The summed E-state index contributed by atoms with van der Waals surface area (Å²) >= 11 is 0. The maximum Gasteiger partial charge on any atom is 0.251 e. The third-order valence-corrected chi connectivity index (χ3v) is 7.79. The predicted molar refractivity (Wildman–Crippen MR) is 125 cm³/mol. The molecule has 7 nitrogen and oxygen atoms in total. The van der Waals surface area contributed by atoms with Crippen molar-refractivity contribution in [2.75, 3.05) is 25.0 Å². The molecule has 2 amide bonds. The summed E-state index contributed by atoms with van der Waals surface area (Å²) in [6.45, 7) is 7.07. The molecule has 0 unspecified atom stereocenters. The molecule has 1 fully saturated rings.